The number of nitro groups is 1. The van der Waals surface area contributed by atoms with E-state index in [1.807, 2.05) is 48.5 Å². The van der Waals surface area contributed by atoms with Gasteiger partial charge in [0.05, 0.1) is 24.7 Å². The normalized spacial score (nSPS) is 9.35. The Morgan fingerprint density at radius 2 is 1.23 bits per heavy atom. The van der Waals surface area contributed by atoms with Crippen molar-refractivity contribution in [1.82, 2.24) is 0 Å². The lowest BCUT2D eigenvalue weighted by Crippen LogP contribution is -1.87. The molecular formula is C26H19NO4. The van der Waals surface area contributed by atoms with Crippen LogP contribution >= 0.6 is 0 Å². The summed E-state index contributed by atoms with van der Waals surface area (Å²) in [4.78, 5) is 10.4. The fourth-order valence-corrected chi connectivity index (χ4v) is 2.59. The van der Waals surface area contributed by atoms with Gasteiger partial charge in [-0.1, -0.05) is 23.7 Å². The van der Waals surface area contributed by atoms with E-state index < -0.39 is 4.92 Å². The number of methoxy groups -OCH3 is 2. The zero-order chi connectivity index (χ0) is 22.1. The van der Waals surface area contributed by atoms with Gasteiger partial charge in [0.25, 0.3) is 5.69 Å². The Hall–Kier alpha value is -4.48. The Kier molecular flexibility index (Phi) is 7.08. The maximum atomic E-state index is 10.9. The topological polar surface area (TPSA) is 61.6 Å². The number of nitrogens with zero attached hydrogens (tertiary/aromatic N) is 1. The highest BCUT2D eigenvalue weighted by atomic mass is 16.6. The number of non-ortho nitro benzene ring substituents is 1. The molecule has 0 radical (unpaired) electrons. The van der Waals surface area contributed by atoms with E-state index in [1.54, 1.807) is 32.4 Å². The van der Waals surface area contributed by atoms with Crippen LogP contribution in [0.5, 0.6) is 11.5 Å². The molecule has 3 aromatic carbocycles. The fraction of sp³-hybridized carbons (Fsp3) is 0.0769. The van der Waals surface area contributed by atoms with Crippen LogP contribution in [0.1, 0.15) is 16.7 Å². The molecule has 0 amide bonds. The quantitative estimate of drug-likeness (QED) is 0.342. The summed E-state index contributed by atoms with van der Waals surface area (Å²) in [5, 5.41) is 10.9. The molecule has 0 unspecified atom stereocenters. The van der Waals surface area contributed by atoms with Crippen molar-refractivity contribution in [2.24, 2.45) is 0 Å². The highest BCUT2D eigenvalue weighted by Gasteiger charge is 2.03. The molecule has 0 atom stereocenters. The second kappa shape index (κ2) is 10.3. The molecule has 0 aromatic heterocycles. The first-order valence-corrected chi connectivity index (χ1v) is 9.35. The van der Waals surface area contributed by atoms with Gasteiger partial charge in [0.1, 0.15) is 11.5 Å². The van der Waals surface area contributed by atoms with E-state index in [9.17, 15) is 10.1 Å². The zero-order valence-corrected chi connectivity index (χ0v) is 17.1. The standard InChI is InChI=1S/C26H19NO4/c1-30-25-15-9-20(10-16-25)3-5-22(6-4-21-11-17-26(31-2)18-12-21)19-23-7-13-24(14-8-23)27(28)29/h7-19H,1-2H3. The molecule has 31 heavy (non-hydrogen) atoms. The number of allylic oxidation sites excluding steroid dienone is 1. The molecule has 0 bridgehead atoms. The van der Waals surface area contributed by atoms with Gasteiger partial charge in [-0.3, -0.25) is 10.1 Å². The first-order valence-electron chi connectivity index (χ1n) is 9.35. The van der Waals surface area contributed by atoms with Crippen molar-refractivity contribution in [2.45, 2.75) is 0 Å². The average Bonchev–Trinajstić information content (AvgIpc) is 2.81. The maximum absolute atomic E-state index is 10.9. The van der Waals surface area contributed by atoms with Crippen LogP contribution in [-0.2, 0) is 0 Å². The third kappa shape index (κ3) is 6.25. The lowest BCUT2D eigenvalue weighted by Gasteiger charge is -1.98. The maximum Gasteiger partial charge on any atom is 0.269 e. The van der Waals surface area contributed by atoms with Crippen LogP contribution < -0.4 is 9.47 Å². The summed E-state index contributed by atoms with van der Waals surface area (Å²) in [5.41, 5.74) is 3.03. The van der Waals surface area contributed by atoms with E-state index >= 15 is 0 Å². The minimum absolute atomic E-state index is 0.0346. The summed E-state index contributed by atoms with van der Waals surface area (Å²) < 4.78 is 10.3. The molecule has 0 aliphatic rings. The smallest absolute Gasteiger partial charge is 0.269 e. The van der Waals surface area contributed by atoms with E-state index in [1.165, 1.54) is 12.1 Å². The molecule has 0 heterocycles. The van der Waals surface area contributed by atoms with Crippen LogP contribution in [0.2, 0.25) is 0 Å². The highest BCUT2D eigenvalue weighted by molar-refractivity contribution is 5.67. The van der Waals surface area contributed by atoms with Crippen LogP contribution in [0.4, 0.5) is 5.69 Å². The van der Waals surface area contributed by atoms with Crippen molar-refractivity contribution >= 4 is 11.8 Å². The van der Waals surface area contributed by atoms with E-state index in [0.29, 0.717) is 5.57 Å². The molecule has 152 valence electrons. The minimum Gasteiger partial charge on any atom is -0.497 e. The van der Waals surface area contributed by atoms with Crippen LogP contribution in [-0.4, -0.2) is 19.1 Å². The van der Waals surface area contributed by atoms with Crippen molar-refractivity contribution in [1.29, 1.82) is 0 Å². The SMILES string of the molecule is COc1ccc(C#CC(C#Cc2ccc(OC)cc2)=Cc2ccc([N+](=O)[O-])cc2)cc1. The van der Waals surface area contributed by atoms with Crippen molar-refractivity contribution in [2.75, 3.05) is 14.2 Å². The molecule has 0 fully saturated rings. The molecule has 0 N–H and O–H groups in total. The number of ether oxygens (including phenoxy) is 2. The summed E-state index contributed by atoms with van der Waals surface area (Å²) in [6, 6.07) is 21.1. The van der Waals surface area contributed by atoms with Crippen LogP contribution in [0, 0.1) is 33.8 Å². The Balaban J connectivity index is 1.93. The van der Waals surface area contributed by atoms with Gasteiger partial charge in [-0.05, 0) is 72.3 Å². The summed E-state index contributed by atoms with van der Waals surface area (Å²) in [7, 11) is 3.22. The third-order valence-corrected chi connectivity index (χ3v) is 4.28. The second-order valence-corrected chi connectivity index (χ2v) is 6.36. The summed E-state index contributed by atoms with van der Waals surface area (Å²) in [5.74, 6) is 13.9. The predicted molar refractivity (Wildman–Crippen MR) is 121 cm³/mol. The van der Waals surface area contributed by atoms with Gasteiger partial charge in [-0.2, -0.15) is 0 Å². The van der Waals surface area contributed by atoms with Crippen LogP contribution in [0.3, 0.4) is 0 Å². The molecule has 5 nitrogen and oxygen atoms in total. The Morgan fingerprint density at radius 3 is 1.61 bits per heavy atom. The summed E-state index contributed by atoms with van der Waals surface area (Å²) >= 11 is 0. The monoisotopic (exact) mass is 409 g/mol. The molecule has 0 saturated carbocycles. The Labute approximate surface area is 181 Å². The third-order valence-electron chi connectivity index (χ3n) is 4.28. The molecule has 0 saturated heterocycles. The number of hydrogen-bond donors (Lipinski definition) is 0. The molecule has 0 spiro atoms. The Bertz CT molecular complexity index is 1130. The Morgan fingerprint density at radius 1 is 0.774 bits per heavy atom. The molecule has 3 aromatic rings. The van der Waals surface area contributed by atoms with Gasteiger partial charge in [0.2, 0.25) is 0 Å². The molecule has 3 rings (SSSR count). The van der Waals surface area contributed by atoms with E-state index in [0.717, 1.165) is 28.2 Å². The molecule has 0 aliphatic heterocycles. The van der Waals surface area contributed by atoms with Gasteiger partial charge in [0, 0.05) is 23.3 Å². The van der Waals surface area contributed by atoms with E-state index in [-0.39, 0.29) is 5.69 Å². The van der Waals surface area contributed by atoms with Crippen molar-refractivity contribution in [3.05, 3.63) is 105 Å². The molecule has 5 heteroatoms. The number of nitro benzene ring substituents is 1. The van der Waals surface area contributed by atoms with Crippen molar-refractivity contribution < 1.29 is 14.4 Å². The van der Waals surface area contributed by atoms with Crippen molar-refractivity contribution in [3.63, 3.8) is 0 Å². The lowest BCUT2D eigenvalue weighted by molar-refractivity contribution is -0.384. The van der Waals surface area contributed by atoms with Gasteiger partial charge >= 0.3 is 0 Å². The van der Waals surface area contributed by atoms with Gasteiger partial charge in [-0.25, -0.2) is 0 Å². The summed E-state index contributed by atoms with van der Waals surface area (Å²) in [6.45, 7) is 0. The second-order valence-electron chi connectivity index (χ2n) is 6.36. The van der Waals surface area contributed by atoms with Crippen molar-refractivity contribution in [3.8, 4) is 35.2 Å². The van der Waals surface area contributed by atoms with E-state index in [4.69, 9.17) is 9.47 Å². The van der Waals surface area contributed by atoms with E-state index in [2.05, 4.69) is 23.7 Å². The highest BCUT2D eigenvalue weighted by Crippen LogP contribution is 2.15. The zero-order valence-electron chi connectivity index (χ0n) is 17.1. The molecular weight excluding hydrogens is 390 g/mol. The number of benzene rings is 3. The number of hydrogen-bond acceptors (Lipinski definition) is 4. The van der Waals surface area contributed by atoms with Crippen LogP contribution in [0.15, 0.2) is 78.4 Å². The first kappa shape index (κ1) is 21.2. The minimum atomic E-state index is -0.429. The van der Waals surface area contributed by atoms with Crippen LogP contribution in [0.25, 0.3) is 6.08 Å². The predicted octanol–water partition coefficient (Wildman–Crippen LogP) is 5.10. The molecule has 0 aliphatic carbocycles. The van der Waals surface area contributed by atoms with Gasteiger partial charge < -0.3 is 9.47 Å². The average molecular weight is 409 g/mol. The first-order chi connectivity index (χ1) is 15.1. The van der Waals surface area contributed by atoms with Gasteiger partial charge in [-0.15, -0.1) is 0 Å². The summed E-state index contributed by atoms with van der Waals surface area (Å²) in [6.07, 6.45) is 1.80. The van der Waals surface area contributed by atoms with Gasteiger partial charge in [0.15, 0.2) is 0 Å². The largest absolute Gasteiger partial charge is 0.497 e. The fourth-order valence-electron chi connectivity index (χ4n) is 2.59. The lowest BCUT2D eigenvalue weighted by atomic mass is 10.1. The number of rotatable bonds is 4.